The molecule has 0 radical (unpaired) electrons. The monoisotopic (exact) mass is 442 g/mol. The van der Waals surface area contributed by atoms with Gasteiger partial charge >= 0.3 is 0 Å². The summed E-state index contributed by atoms with van der Waals surface area (Å²) in [5.74, 6) is 0.639. The minimum Gasteiger partial charge on any atom is -0.496 e. The van der Waals surface area contributed by atoms with Crippen LogP contribution >= 0.6 is 22.9 Å². The minimum absolute atomic E-state index is 0.238. The summed E-state index contributed by atoms with van der Waals surface area (Å²) in [7, 11) is -1.99. The molecule has 2 heterocycles. The van der Waals surface area contributed by atoms with E-state index in [2.05, 4.69) is 12.2 Å². The molecule has 0 saturated carbocycles. The molecule has 1 fully saturated rings. The fourth-order valence-electron chi connectivity index (χ4n) is 3.06. The Balaban J connectivity index is 1.66. The Labute approximate surface area is 174 Å². The predicted octanol–water partition coefficient (Wildman–Crippen LogP) is 3.76. The molecule has 1 aliphatic rings. The molecule has 1 aromatic carbocycles. The van der Waals surface area contributed by atoms with Crippen molar-refractivity contribution in [2.75, 3.05) is 20.2 Å². The van der Waals surface area contributed by atoms with Gasteiger partial charge in [0.05, 0.1) is 19.2 Å². The number of sulfonamides is 1. The number of ether oxygens (including phenoxy) is 1. The first kappa shape index (κ1) is 21.1. The van der Waals surface area contributed by atoms with Gasteiger partial charge in [-0.1, -0.05) is 18.5 Å². The van der Waals surface area contributed by atoms with Crippen molar-refractivity contribution in [2.45, 2.75) is 30.5 Å². The van der Waals surface area contributed by atoms with Crippen molar-refractivity contribution < 1.29 is 17.9 Å². The van der Waals surface area contributed by atoms with Gasteiger partial charge in [-0.2, -0.15) is 4.31 Å². The third-order valence-corrected chi connectivity index (χ3v) is 8.49. The van der Waals surface area contributed by atoms with Crippen LogP contribution in [-0.4, -0.2) is 38.8 Å². The van der Waals surface area contributed by atoms with Gasteiger partial charge < -0.3 is 10.1 Å². The number of hydrogen-bond acceptors (Lipinski definition) is 5. The Morgan fingerprint density at radius 1 is 1.29 bits per heavy atom. The topological polar surface area (TPSA) is 75.7 Å². The molecule has 28 heavy (non-hydrogen) atoms. The zero-order valence-corrected chi connectivity index (χ0v) is 18.2. The fourth-order valence-corrected chi connectivity index (χ4v) is 6.14. The number of hydrogen-bond donors (Lipinski definition) is 1. The maximum atomic E-state index is 12.8. The summed E-state index contributed by atoms with van der Waals surface area (Å²) in [5.41, 5.74) is 0.374. The number of nitrogens with zero attached hydrogens (tertiary/aromatic N) is 1. The lowest BCUT2D eigenvalue weighted by Gasteiger charge is -2.28. The molecule has 1 aliphatic heterocycles. The van der Waals surface area contributed by atoms with E-state index in [1.807, 2.05) is 0 Å². The summed E-state index contributed by atoms with van der Waals surface area (Å²) in [6.07, 6.45) is 1.77. The van der Waals surface area contributed by atoms with Crippen molar-refractivity contribution in [3.05, 3.63) is 45.8 Å². The summed E-state index contributed by atoms with van der Waals surface area (Å²) >= 11 is 7.11. The predicted molar refractivity (Wildman–Crippen MR) is 111 cm³/mol. The molecule has 152 valence electrons. The lowest BCUT2D eigenvalue weighted by atomic mass is 10.0. The molecule has 3 rings (SSSR count). The first-order chi connectivity index (χ1) is 13.3. The van der Waals surface area contributed by atoms with E-state index in [-0.39, 0.29) is 12.5 Å². The second-order valence-corrected chi connectivity index (χ2v) is 10.6. The summed E-state index contributed by atoms with van der Waals surface area (Å²) in [4.78, 5) is 13.2. The van der Waals surface area contributed by atoms with Crippen molar-refractivity contribution in [1.29, 1.82) is 0 Å². The summed E-state index contributed by atoms with van der Waals surface area (Å²) < 4.78 is 32.7. The molecule has 9 heteroatoms. The van der Waals surface area contributed by atoms with E-state index < -0.39 is 10.0 Å². The quantitative estimate of drug-likeness (QED) is 0.739. The highest BCUT2D eigenvalue weighted by Crippen LogP contribution is 2.28. The van der Waals surface area contributed by atoms with Crippen LogP contribution in [0.3, 0.4) is 0 Å². The van der Waals surface area contributed by atoms with Crippen LogP contribution < -0.4 is 10.1 Å². The van der Waals surface area contributed by atoms with E-state index in [9.17, 15) is 13.2 Å². The van der Waals surface area contributed by atoms with Crippen LogP contribution in [0.2, 0.25) is 5.02 Å². The zero-order chi connectivity index (χ0) is 20.3. The molecule has 2 aromatic rings. The summed E-state index contributed by atoms with van der Waals surface area (Å²) in [5, 5.41) is 3.28. The van der Waals surface area contributed by atoms with E-state index in [1.165, 1.54) is 18.4 Å². The first-order valence-corrected chi connectivity index (χ1v) is 11.7. The molecule has 1 amide bonds. The van der Waals surface area contributed by atoms with Crippen LogP contribution in [-0.2, 0) is 16.6 Å². The average Bonchev–Trinajstić information content (AvgIpc) is 3.16. The van der Waals surface area contributed by atoms with Gasteiger partial charge in [0.2, 0.25) is 0 Å². The van der Waals surface area contributed by atoms with Crippen molar-refractivity contribution in [2.24, 2.45) is 5.92 Å². The van der Waals surface area contributed by atoms with Gasteiger partial charge in [0.25, 0.3) is 15.9 Å². The minimum atomic E-state index is -3.47. The van der Waals surface area contributed by atoms with Crippen LogP contribution in [0.4, 0.5) is 0 Å². The number of methoxy groups -OCH3 is 1. The maximum absolute atomic E-state index is 12.8. The standard InChI is InChI=1S/C19H23ClN2O4S2/c1-13-7-9-22(10-8-13)28(24,25)18-6-4-15(27-18)12-21-19(23)16-5-3-14(20)11-17(16)26-2/h3-6,11,13H,7-10,12H2,1-2H3,(H,21,23). The molecule has 0 unspecified atom stereocenters. The lowest BCUT2D eigenvalue weighted by Crippen LogP contribution is -2.37. The fraction of sp³-hybridized carbons (Fsp3) is 0.421. The second-order valence-electron chi connectivity index (χ2n) is 6.83. The highest BCUT2D eigenvalue weighted by molar-refractivity contribution is 7.91. The smallest absolute Gasteiger partial charge is 0.255 e. The Morgan fingerprint density at radius 2 is 2.00 bits per heavy atom. The number of thiophene rings is 1. The SMILES string of the molecule is COc1cc(Cl)ccc1C(=O)NCc1ccc(S(=O)(=O)N2CCC(C)CC2)s1. The molecule has 1 N–H and O–H groups in total. The first-order valence-electron chi connectivity index (χ1n) is 9.02. The van der Waals surface area contributed by atoms with E-state index in [0.29, 0.717) is 39.6 Å². The highest BCUT2D eigenvalue weighted by Gasteiger charge is 2.29. The largest absolute Gasteiger partial charge is 0.496 e. The number of nitrogens with one attached hydrogen (secondary N) is 1. The Morgan fingerprint density at radius 3 is 2.68 bits per heavy atom. The Bertz CT molecular complexity index is 951. The van der Waals surface area contributed by atoms with E-state index >= 15 is 0 Å². The molecule has 1 aromatic heterocycles. The lowest BCUT2D eigenvalue weighted by molar-refractivity contribution is 0.0948. The summed E-state index contributed by atoms with van der Waals surface area (Å²) in [6.45, 7) is 3.50. The van der Waals surface area contributed by atoms with Crippen molar-refractivity contribution >= 4 is 38.9 Å². The van der Waals surface area contributed by atoms with Crippen molar-refractivity contribution in [1.82, 2.24) is 9.62 Å². The molecular weight excluding hydrogens is 420 g/mol. The third kappa shape index (κ3) is 4.68. The van der Waals surface area contributed by atoms with Crippen LogP contribution in [0.5, 0.6) is 5.75 Å². The van der Waals surface area contributed by atoms with Gasteiger partial charge in [-0.3, -0.25) is 4.79 Å². The van der Waals surface area contributed by atoms with Crippen LogP contribution in [0.25, 0.3) is 0 Å². The third-order valence-electron chi connectivity index (χ3n) is 4.81. The van der Waals surface area contributed by atoms with E-state index in [1.54, 1.807) is 34.6 Å². The number of halogens is 1. The molecule has 6 nitrogen and oxygen atoms in total. The van der Waals surface area contributed by atoms with Gasteiger partial charge in [0.15, 0.2) is 0 Å². The maximum Gasteiger partial charge on any atom is 0.255 e. The van der Waals surface area contributed by atoms with Crippen LogP contribution in [0.15, 0.2) is 34.5 Å². The zero-order valence-electron chi connectivity index (χ0n) is 15.8. The summed E-state index contributed by atoms with van der Waals surface area (Å²) in [6, 6.07) is 8.14. The normalized spacial score (nSPS) is 16.1. The molecule has 0 bridgehead atoms. The number of carbonyl (C=O) groups is 1. The molecular formula is C19H23ClN2O4S2. The van der Waals surface area contributed by atoms with Gasteiger partial charge in [-0.25, -0.2) is 8.42 Å². The Hall–Kier alpha value is -1.61. The van der Waals surface area contributed by atoms with Gasteiger partial charge in [0.1, 0.15) is 9.96 Å². The van der Waals surface area contributed by atoms with Gasteiger partial charge in [-0.05, 0) is 49.1 Å². The average molecular weight is 443 g/mol. The van der Waals surface area contributed by atoms with Crippen molar-refractivity contribution in [3.63, 3.8) is 0 Å². The van der Waals surface area contributed by atoms with Crippen molar-refractivity contribution in [3.8, 4) is 5.75 Å². The molecule has 0 atom stereocenters. The number of benzene rings is 1. The molecule has 0 aliphatic carbocycles. The highest BCUT2D eigenvalue weighted by atomic mass is 35.5. The second kappa shape index (κ2) is 8.82. The molecule has 1 saturated heterocycles. The van der Waals surface area contributed by atoms with Gasteiger partial charge in [0, 0.05) is 23.0 Å². The number of rotatable bonds is 6. The van der Waals surface area contributed by atoms with Crippen LogP contribution in [0.1, 0.15) is 35.0 Å². The number of carbonyl (C=O) groups excluding carboxylic acids is 1. The van der Waals surface area contributed by atoms with E-state index in [0.717, 1.165) is 17.7 Å². The number of amides is 1. The Kier molecular flexibility index (Phi) is 6.65. The van der Waals surface area contributed by atoms with Crippen LogP contribution in [0, 0.1) is 5.92 Å². The number of piperidine rings is 1. The van der Waals surface area contributed by atoms with E-state index in [4.69, 9.17) is 16.3 Å². The molecule has 0 spiro atoms. The van der Waals surface area contributed by atoms with Gasteiger partial charge in [-0.15, -0.1) is 11.3 Å².